The predicted octanol–water partition coefficient (Wildman–Crippen LogP) is 3.15. The summed E-state index contributed by atoms with van der Waals surface area (Å²) in [5.41, 5.74) is 4.24. The van der Waals surface area contributed by atoms with Crippen LogP contribution in [0, 0.1) is 13.8 Å². The molecular weight excluding hydrogens is 463 g/mol. The minimum atomic E-state index is -3.47. The van der Waals surface area contributed by atoms with E-state index in [4.69, 9.17) is 4.62 Å². The fourth-order valence-corrected chi connectivity index (χ4v) is 6.01. The van der Waals surface area contributed by atoms with Gasteiger partial charge in [-0.1, -0.05) is 41.2 Å². The zero-order valence-corrected chi connectivity index (χ0v) is 19.9. The molecule has 0 spiro atoms. The molecule has 6 aromatic rings. The summed E-state index contributed by atoms with van der Waals surface area (Å²) in [5, 5.41) is 19.4. The zero-order valence-electron chi connectivity index (χ0n) is 19.0. The normalized spacial score (nSPS) is 11.3. The lowest BCUT2D eigenvalue weighted by Gasteiger charge is -2.22. The number of rotatable bonds is 4. The van der Waals surface area contributed by atoms with E-state index in [2.05, 4.69) is 35.7 Å². The lowest BCUT2D eigenvalue weighted by atomic mass is 10.2. The Morgan fingerprint density at radius 1 is 0.771 bits per heavy atom. The van der Waals surface area contributed by atoms with E-state index in [1.54, 1.807) is 24.5 Å². The van der Waals surface area contributed by atoms with Crippen molar-refractivity contribution < 1.29 is 9.19 Å². The molecule has 1 N–H and O–H groups in total. The van der Waals surface area contributed by atoms with Gasteiger partial charge < -0.3 is 4.62 Å². The van der Waals surface area contributed by atoms with Gasteiger partial charge >= 0.3 is 7.37 Å². The molecule has 4 heterocycles. The van der Waals surface area contributed by atoms with Crippen LogP contribution in [0.4, 0.5) is 0 Å². The van der Waals surface area contributed by atoms with Gasteiger partial charge in [0.2, 0.25) is 11.3 Å². The highest BCUT2D eigenvalue weighted by atomic mass is 31.2. The van der Waals surface area contributed by atoms with E-state index in [1.807, 2.05) is 74.5 Å². The Hall–Kier alpha value is -4.43. The summed E-state index contributed by atoms with van der Waals surface area (Å²) in [6.07, 6.45) is 3.31. The van der Waals surface area contributed by atoms with E-state index in [-0.39, 0.29) is 0 Å². The molecule has 6 rings (SSSR count). The second-order valence-electron chi connectivity index (χ2n) is 7.68. The van der Waals surface area contributed by atoms with Crippen LogP contribution in [0.25, 0.3) is 22.3 Å². The summed E-state index contributed by atoms with van der Waals surface area (Å²) in [4.78, 5) is 9.35. The summed E-state index contributed by atoms with van der Waals surface area (Å²) >= 11 is 0. The van der Waals surface area contributed by atoms with Crippen molar-refractivity contribution in [1.82, 2.24) is 40.5 Å². The Bertz CT molecular complexity index is 1580. The van der Waals surface area contributed by atoms with E-state index >= 15 is 0 Å². The Morgan fingerprint density at radius 3 is 2.06 bits per heavy atom. The fourth-order valence-electron chi connectivity index (χ4n) is 3.60. The summed E-state index contributed by atoms with van der Waals surface area (Å²) in [6, 6.07) is 22.2. The third-order valence-electron chi connectivity index (χ3n) is 5.33. The van der Waals surface area contributed by atoms with Crippen LogP contribution in [-0.2, 0) is 4.57 Å². The molecule has 4 aromatic heterocycles. The van der Waals surface area contributed by atoms with Crippen molar-refractivity contribution in [3.63, 3.8) is 0 Å². The lowest BCUT2D eigenvalue weighted by Crippen LogP contribution is -2.28. The number of aryl methyl sites for hydroxylation is 2. The zero-order chi connectivity index (χ0) is 24.3. The number of pyridine rings is 2. The van der Waals surface area contributed by atoms with Crippen molar-refractivity contribution in [3.05, 3.63) is 96.3 Å². The number of aromatic amines is 1. The van der Waals surface area contributed by atoms with E-state index < -0.39 is 7.37 Å². The number of H-pyrrole nitrogens is 1. The Balaban J connectivity index is 0.000000234. The number of fused-ring (bicyclic) bond motifs is 2. The molecule has 10 nitrogen and oxygen atoms in total. The van der Waals surface area contributed by atoms with Crippen LogP contribution >= 0.6 is 7.37 Å². The van der Waals surface area contributed by atoms with Gasteiger partial charge in [-0.05, 0) is 66.6 Å². The number of nitrogens with one attached hydrogen (secondary N) is 1. The van der Waals surface area contributed by atoms with Crippen LogP contribution in [0.3, 0.4) is 0 Å². The van der Waals surface area contributed by atoms with Crippen molar-refractivity contribution in [2.24, 2.45) is 0 Å². The number of aromatic nitrogens is 8. The van der Waals surface area contributed by atoms with Gasteiger partial charge in [-0.15, -0.1) is 10.2 Å². The molecule has 2 aromatic carbocycles. The average Bonchev–Trinajstić information content (AvgIpc) is 3.52. The number of hydrogen-bond donors (Lipinski definition) is 1. The molecule has 0 saturated heterocycles. The van der Waals surface area contributed by atoms with Crippen LogP contribution in [0.1, 0.15) is 11.1 Å². The van der Waals surface area contributed by atoms with E-state index in [1.165, 1.54) is 0 Å². The molecule has 0 fully saturated rings. The van der Waals surface area contributed by atoms with Crippen molar-refractivity contribution in [2.75, 3.05) is 0 Å². The van der Waals surface area contributed by atoms with Gasteiger partial charge in [-0.25, -0.2) is 9.97 Å². The SMILES string of the molecule is Cc1ccccc1P(=O)(On1nnc2cccnc21)c1ccccc1C.c1cnc2n[nH]nc2c1. The van der Waals surface area contributed by atoms with E-state index in [0.29, 0.717) is 27.4 Å². The smallest absolute Gasteiger partial charge is 0.328 e. The third-order valence-corrected chi connectivity index (χ3v) is 7.99. The van der Waals surface area contributed by atoms with Crippen LogP contribution < -0.4 is 15.2 Å². The predicted molar refractivity (Wildman–Crippen MR) is 133 cm³/mol. The average molecular weight is 484 g/mol. The molecule has 174 valence electrons. The van der Waals surface area contributed by atoms with Gasteiger partial charge in [0.1, 0.15) is 11.0 Å². The Morgan fingerprint density at radius 2 is 1.40 bits per heavy atom. The second kappa shape index (κ2) is 9.44. The first kappa shape index (κ1) is 22.4. The Labute approximate surface area is 200 Å². The molecular formula is C24H21N8O2P. The van der Waals surface area contributed by atoms with Crippen LogP contribution in [0.5, 0.6) is 0 Å². The Kier molecular flexibility index (Phi) is 6.03. The van der Waals surface area contributed by atoms with Gasteiger partial charge in [0.05, 0.1) is 10.6 Å². The molecule has 0 atom stereocenters. The molecule has 0 aliphatic heterocycles. The fraction of sp³-hybridized carbons (Fsp3) is 0.0833. The maximum Gasteiger partial charge on any atom is 0.331 e. The maximum atomic E-state index is 14.2. The van der Waals surface area contributed by atoms with Crippen LogP contribution in [0.15, 0.2) is 85.2 Å². The van der Waals surface area contributed by atoms with E-state index in [0.717, 1.165) is 21.5 Å². The highest BCUT2D eigenvalue weighted by Gasteiger charge is 2.35. The molecule has 0 aliphatic rings. The standard InChI is InChI=1S/C19H17N4O2P.C5H4N4/c1-14-8-3-5-11-17(14)26(24,18-12-6-4-9-15(18)2)25-23-19-16(21-22-23)10-7-13-20-19;1-2-4-5(6-3-1)8-9-7-4/h3-13H,1-2H3;1-3H,(H,6,7,8,9). The first-order valence-electron chi connectivity index (χ1n) is 10.8. The molecule has 0 unspecified atom stereocenters. The lowest BCUT2D eigenvalue weighted by molar-refractivity contribution is 0.247. The molecule has 0 amide bonds. The van der Waals surface area contributed by atoms with Gasteiger partial charge in [-0.3, -0.25) is 4.57 Å². The summed E-state index contributed by atoms with van der Waals surface area (Å²) < 4.78 is 20.3. The summed E-state index contributed by atoms with van der Waals surface area (Å²) in [6.45, 7) is 3.84. The monoisotopic (exact) mass is 484 g/mol. The number of hydrogen-bond acceptors (Lipinski definition) is 8. The van der Waals surface area contributed by atoms with Crippen molar-refractivity contribution in [1.29, 1.82) is 0 Å². The topological polar surface area (TPSA) is 124 Å². The van der Waals surface area contributed by atoms with Gasteiger partial charge in [0, 0.05) is 12.4 Å². The van der Waals surface area contributed by atoms with Crippen molar-refractivity contribution in [2.45, 2.75) is 13.8 Å². The summed E-state index contributed by atoms with van der Waals surface area (Å²) in [7, 11) is -3.47. The largest absolute Gasteiger partial charge is 0.331 e. The second-order valence-corrected chi connectivity index (χ2v) is 9.91. The molecule has 11 heteroatoms. The first-order chi connectivity index (χ1) is 17.1. The minimum Gasteiger partial charge on any atom is -0.328 e. The van der Waals surface area contributed by atoms with E-state index in [9.17, 15) is 4.57 Å². The first-order valence-corrected chi connectivity index (χ1v) is 12.4. The van der Waals surface area contributed by atoms with Crippen molar-refractivity contribution in [3.8, 4) is 0 Å². The number of benzene rings is 2. The summed E-state index contributed by atoms with van der Waals surface area (Å²) in [5.74, 6) is 0. The van der Waals surface area contributed by atoms with Gasteiger partial charge in [0.15, 0.2) is 0 Å². The molecule has 35 heavy (non-hydrogen) atoms. The molecule has 0 radical (unpaired) electrons. The quantitative estimate of drug-likeness (QED) is 0.379. The third kappa shape index (κ3) is 4.39. The highest BCUT2D eigenvalue weighted by molar-refractivity contribution is 7.74. The van der Waals surface area contributed by atoms with Crippen LogP contribution in [-0.4, -0.2) is 40.5 Å². The molecule has 0 aliphatic carbocycles. The number of nitrogens with zero attached hydrogens (tertiary/aromatic N) is 7. The molecule has 0 bridgehead atoms. The van der Waals surface area contributed by atoms with Gasteiger partial charge in [0.25, 0.3) is 0 Å². The molecule has 0 saturated carbocycles. The van der Waals surface area contributed by atoms with Crippen molar-refractivity contribution >= 4 is 40.3 Å². The maximum absolute atomic E-state index is 14.2. The van der Waals surface area contributed by atoms with Gasteiger partial charge in [-0.2, -0.15) is 10.3 Å². The highest BCUT2D eigenvalue weighted by Crippen LogP contribution is 2.43. The van der Waals surface area contributed by atoms with Crippen LogP contribution in [0.2, 0.25) is 0 Å². The minimum absolute atomic E-state index is 0.426.